The molecule has 0 bridgehead atoms. The van der Waals surface area contributed by atoms with E-state index >= 15 is 0 Å². The maximum Gasteiger partial charge on any atom is 0.250 e. The summed E-state index contributed by atoms with van der Waals surface area (Å²) in [5.74, 6) is -1.84. The van der Waals surface area contributed by atoms with Crippen molar-refractivity contribution in [1.82, 2.24) is 5.32 Å². The van der Waals surface area contributed by atoms with Crippen molar-refractivity contribution in [1.29, 1.82) is 0 Å². The van der Waals surface area contributed by atoms with Crippen LogP contribution in [0.1, 0.15) is 5.56 Å². The molecule has 1 aromatic rings. The van der Waals surface area contributed by atoms with Gasteiger partial charge in [0.05, 0.1) is 6.42 Å². The van der Waals surface area contributed by atoms with Crippen LogP contribution < -0.4 is 11.1 Å². The van der Waals surface area contributed by atoms with Gasteiger partial charge < -0.3 is 5.73 Å². The molecular formula is C12H12N2O3. The van der Waals surface area contributed by atoms with Gasteiger partial charge in [0.25, 0.3) is 5.91 Å². The van der Waals surface area contributed by atoms with Crippen molar-refractivity contribution < 1.29 is 14.4 Å². The molecule has 0 atom stereocenters. The summed E-state index contributed by atoms with van der Waals surface area (Å²) < 4.78 is 0. The first-order valence-electron chi connectivity index (χ1n) is 4.93. The van der Waals surface area contributed by atoms with Crippen LogP contribution in [0.4, 0.5) is 0 Å². The maximum absolute atomic E-state index is 11.4. The van der Waals surface area contributed by atoms with E-state index in [1.54, 1.807) is 24.3 Å². The number of rotatable bonds is 4. The van der Waals surface area contributed by atoms with Gasteiger partial charge in [-0.1, -0.05) is 30.3 Å². The van der Waals surface area contributed by atoms with Gasteiger partial charge in [0.15, 0.2) is 0 Å². The third-order valence-corrected chi connectivity index (χ3v) is 1.87. The molecule has 3 amide bonds. The summed E-state index contributed by atoms with van der Waals surface area (Å²) in [4.78, 5) is 32.9. The minimum Gasteiger partial charge on any atom is -0.366 e. The largest absolute Gasteiger partial charge is 0.366 e. The van der Waals surface area contributed by atoms with Crippen LogP contribution >= 0.6 is 0 Å². The van der Waals surface area contributed by atoms with E-state index in [1.165, 1.54) is 0 Å². The summed E-state index contributed by atoms with van der Waals surface area (Å²) in [6.07, 6.45) is 1.92. The highest BCUT2D eigenvalue weighted by molar-refractivity contribution is 6.04. The van der Waals surface area contributed by atoms with E-state index in [0.717, 1.165) is 17.7 Å². The predicted molar refractivity (Wildman–Crippen MR) is 61.6 cm³/mol. The number of benzene rings is 1. The summed E-state index contributed by atoms with van der Waals surface area (Å²) in [6, 6.07) is 9.00. The van der Waals surface area contributed by atoms with Crippen LogP contribution in [0, 0.1) is 0 Å². The molecule has 17 heavy (non-hydrogen) atoms. The second-order valence-electron chi connectivity index (χ2n) is 3.31. The molecule has 88 valence electrons. The van der Waals surface area contributed by atoms with Gasteiger partial charge in [0.2, 0.25) is 11.8 Å². The zero-order valence-electron chi connectivity index (χ0n) is 9.05. The smallest absolute Gasteiger partial charge is 0.250 e. The van der Waals surface area contributed by atoms with Gasteiger partial charge in [0, 0.05) is 12.2 Å². The average Bonchev–Trinajstić information content (AvgIpc) is 2.27. The van der Waals surface area contributed by atoms with Crippen molar-refractivity contribution in [3.8, 4) is 0 Å². The topological polar surface area (TPSA) is 89.3 Å². The molecular weight excluding hydrogens is 220 g/mol. The predicted octanol–water partition coefficient (Wildman–Crippen LogP) is -0.0866. The second kappa shape index (κ2) is 6.22. The summed E-state index contributed by atoms with van der Waals surface area (Å²) in [7, 11) is 0. The van der Waals surface area contributed by atoms with Crippen LogP contribution in [0.3, 0.4) is 0 Å². The van der Waals surface area contributed by atoms with Crippen LogP contribution in [0.2, 0.25) is 0 Å². The number of carbonyl (C=O) groups excluding carboxylic acids is 3. The van der Waals surface area contributed by atoms with Crippen molar-refractivity contribution in [2.75, 3.05) is 0 Å². The molecule has 5 heteroatoms. The van der Waals surface area contributed by atoms with Gasteiger partial charge in [-0.2, -0.15) is 0 Å². The summed E-state index contributed by atoms with van der Waals surface area (Å²) in [6.45, 7) is 0. The first kappa shape index (κ1) is 12.6. The van der Waals surface area contributed by atoms with Crippen LogP contribution in [0.25, 0.3) is 0 Å². The third-order valence-electron chi connectivity index (χ3n) is 1.87. The van der Waals surface area contributed by atoms with Gasteiger partial charge in [-0.25, -0.2) is 0 Å². The van der Waals surface area contributed by atoms with Crippen LogP contribution in [-0.4, -0.2) is 17.7 Å². The van der Waals surface area contributed by atoms with Crippen LogP contribution in [-0.2, 0) is 20.8 Å². The van der Waals surface area contributed by atoms with Gasteiger partial charge >= 0.3 is 0 Å². The maximum atomic E-state index is 11.4. The normalized spacial score (nSPS) is 10.1. The molecule has 0 aliphatic heterocycles. The number of nitrogens with one attached hydrogen (secondary N) is 1. The monoisotopic (exact) mass is 232 g/mol. The Hall–Kier alpha value is -2.43. The minimum atomic E-state index is -0.740. The van der Waals surface area contributed by atoms with Gasteiger partial charge in [-0.15, -0.1) is 0 Å². The Morgan fingerprint density at radius 2 is 1.76 bits per heavy atom. The van der Waals surface area contributed by atoms with E-state index in [-0.39, 0.29) is 6.42 Å². The molecule has 0 aliphatic rings. The molecule has 0 heterocycles. The highest BCUT2D eigenvalue weighted by Gasteiger charge is 2.05. The Balaban J connectivity index is 2.45. The zero-order valence-corrected chi connectivity index (χ0v) is 9.05. The highest BCUT2D eigenvalue weighted by atomic mass is 16.2. The lowest BCUT2D eigenvalue weighted by Gasteiger charge is -2.00. The molecule has 0 fully saturated rings. The lowest BCUT2D eigenvalue weighted by Crippen LogP contribution is -2.30. The number of hydrogen-bond acceptors (Lipinski definition) is 3. The first-order valence-corrected chi connectivity index (χ1v) is 4.93. The zero-order chi connectivity index (χ0) is 12.7. The molecule has 0 saturated carbocycles. The molecule has 0 saturated heterocycles. The lowest BCUT2D eigenvalue weighted by atomic mass is 10.1. The fraction of sp³-hybridized carbons (Fsp3) is 0.0833. The molecule has 0 aliphatic carbocycles. The number of carbonyl (C=O) groups is 3. The van der Waals surface area contributed by atoms with E-state index in [9.17, 15) is 14.4 Å². The van der Waals surface area contributed by atoms with E-state index < -0.39 is 17.7 Å². The highest BCUT2D eigenvalue weighted by Crippen LogP contribution is 1.98. The molecule has 0 aromatic heterocycles. The fourth-order valence-electron chi connectivity index (χ4n) is 1.16. The number of nitrogens with two attached hydrogens (primary N) is 1. The Labute approximate surface area is 98.3 Å². The molecule has 0 spiro atoms. The fourth-order valence-corrected chi connectivity index (χ4v) is 1.16. The van der Waals surface area contributed by atoms with Crippen LogP contribution in [0.15, 0.2) is 42.5 Å². The van der Waals surface area contributed by atoms with E-state index in [1.807, 2.05) is 6.07 Å². The van der Waals surface area contributed by atoms with Crippen molar-refractivity contribution in [2.45, 2.75) is 6.42 Å². The molecule has 0 unspecified atom stereocenters. The van der Waals surface area contributed by atoms with Gasteiger partial charge in [-0.3, -0.25) is 19.7 Å². The number of amides is 3. The number of hydrogen-bond donors (Lipinski definition) is 2. The van der Waals surface area contributed by atoms with Crippen molar-refractivity contribution >= 4 is 17.7 Å². The molecule has 3 N–H and O–H groups in total. The third kappa shape index (κ3) is 5.27. The molecule has 5 nitrogen and oxygen atoms in total. The Morgan fingerprint density at radius 3 is 2.35 bits per heavy atom. The summed E-state index contributed by atoms with van der Waals surface area (Å²) in [5.41, 5.74) is 5.61. The minimum absolute atomic E-state index is 0.108. The standard InChI is InChI=1S/C12H12N2O3/c13-10(15)6-7-11(16)14-12(17)8-9-4-2-1-3-5-9/h1-7H,8H2,(H2,13,15)(H,14,16,17). The van der Waals surface area contributed by atoms with E-state index in [0.29, 0.717) is 0 Å². The Kier molecular flexibility index (Phi) is 4.62. The van der Waals surface area contributed by atoms with Crippen molar-refractivity contribution in [3.63, 3.8) is 0 Å². The van der Waals surface area contributed by atoms with Crippen LogP contribution in [0.5, 0.6) is 0 Å². The first-order chi connectivity index (χ1) is 8.08. The quantitative estimate of drug-likeness (QED) is 0.711. The molecule has 1 rings (SSSR count). The van der Waals surface area contributed by atoms with E-state index in [2.05, 4.69) is 5.32 Å². The van der Waals surface area contributed by atoms with Crippen molar-refractivity contribution in [2.24, 2.45) is 5.73 Å². The number of imide groups is 1. The van der Waals surface area contributed by atoms with Gasteiger partial charge in [0.1, 0.15) is 0 Å². The second-order valence-corrected chi connectivity index (χ2v) is 3.31. The summed E-state index contributed by atoms with van der Waals surface area (Å²) in [5, 5.41) is 2.11. The SMILES string of the molecule is NC(=O)C=CC(=O)NC(=O)Cc1ccccc1. The van der Waals surface area contributed by atoms with E-state index in [4.69, 9.17) is 5.73 Å². The number of primary amides is 1. The average molecular weight is 232 g/mol. The summed E-state index contributed by atoms with van der Waals surface area (Å²) >= 11 is 0. The van der Waals surface area contributed by atoms with Gasteiger partial charge in [-0.05, 0) is 5.56 Å². The molecule has 1 aromatic carbocycles. The Bertz CT molecular complexity index is 452. The van der Waals surface area contributed by atoms with Crippen molar-refractivity contribution in [3.05, 3.63) is 48.0 Å². The molecule has 0 radical (unpaired) electrons. The Morgan fingerprint density at radius 1 is 1.12 bits per heavy atom. The lowest BCUT2D eigenvalue weighted by molar-refractivity contribution is -0.127.